The monoisotopic (exact) mass is 448 g/mol. The lowest BCUT2D eigenvalue weighted by atomic mass is 10.0. The van der Waals surface area contributed by atoms with E-state index in [2.05, 4.69) is 6.92 Å². The van der Waals surface area contributed by atoms with Crippen molar-refractivity contribution in [2.75, 3.05) is 11.5 Å². The van der Waals surface area contributed by atoms with Crippen molar-refractivity contribution in [2.45, 2.75) is 123 Å². The van der Waals surface area contributed by atoms with Gasteiger partial charge < -0.3 is 4.74 Å². The average molecular weight is 449 g/mol. The van der Waals surface area contributed by atoms with Crippen molar-refractivity contribution in [3.8, 4) is 0 Å². The van der Waals surface area contributed by atoms with Gasteiger partial charge in [0.25, 0.3) is 0 Å². The first-order valence-electron chi connectivity index (χ1n) is 13.1. The Kier molecular flexibility index (Phi) is 20.1. The smallest absolute Gasteiger partial charge is 0.306 e. The number of esters is 1. The topological polar surface area (TPSA) is 26.3 Å². The molecule has 0 fully saturated rings. The second-order valence-corrected chi connectivity index (χ2v) is 10.0. The summed E-state index contributed by atoms with van der Waals surface area (Å²) in [6.07, 6.45) is 23.1. The molecule has 0 heterocycles. The van der Waals surface area contributed by atoms with Crippen LogP contribution < -0.4 is 0 Å². The van der Waals surface area contributed by atoms with E-state index in [-0.39, 0.29) is 5.97 Å². The summed E-state index contributed by atoms with van der Waals surface area (Å²) in [5.41, 5.74) is 1.05. The van der Waals surface area contributed by atoms with Crippen LogP contribution in [0.1, 0.15) is 122 Å². The largest absolute Gasteiger partial charge is 0.461 e. The second kappa shape index (κ2) is 22.2. The van der Waals surface area contributed by atoms with Gasteiger partial charge in [0.2, 0.25) is 0 Å². The fourth-order valence-electron chi connectivity index (χ4n) is 3.82. The van der Waals surface area contributed by atoms with Crippen LogP contribution >= 0.6 is 11.8 Å². The lowest BCUT2D eigenvalue weighted by Crippen LogP contribution is -2.05. The van der Waals surface area contributed by atoms with E-state index in [9.17, 15) is 4.79 Å². The van der Waals surface area contributed by atoms with Crippen molar-refractivity contribution in [3.05, 3.63) is 35.9 Å². The number of thioether (sulfide) groups is 1. The van der Waals surface area contributed by atoms with Crippen molar-refractivity contribution in [1.82, 2.24) is 0 Å². The number of unbranched alkanes of at least 4 members (excludes halogenated alkanes) is 15. The zero-order valence-electron chi connectivity index (χ0n) is 20.3. The fourth-order valence-corrected chi connectivity index (χ4v) is 4.74. The molecule has 1 aromatic rings. The van der Waals surface area contributed by atoms with Crippen LogP contribution in [0.5, 0.6) is 0 Å². The van der Waals surface area contributed by atoms with E-state index in [1.165, 1.54) is 108 Å². The van der Waals surface area contributed by atoms with Crippen LogP contribution in [0.25, 0.3) is 0 Å². The molecule has 0 unspecified atom stereocenters. The van der Waals surface area contributed by atoms with Crippen LogP contribution in [0.2, 0.25) is 0 Å². The number of carbonyl (C=O) groups excluding carboxylic acids is 1. The Morgan fingerprint density at radius 3 is 1.68 bits per heavy atom. The van der Waals surface area contributed by atoms with Gasteiger partial charge in [-0.25, -0.2) is 0 Å². The van der Waals surface area contributed by atoms with Crippen molar-refractivity contribution < 1.29 is 9.53 Å². The van der Waals surface area contributed by atoms with E-state index >= 15 is 0 Å². The van der Waals surface area contributed by atoms with Crippen LogP contribution in [0.3, 0.4) is 0 Å². The van der Waals surface area contributed by atoms with Crippen LogP contribution in [-0.2, 0) is 16.1 Å². The van der Waals surface area contributed by atoms with Gasteiger partial charge in [-0.15, -0.1) is 0 Å². The molecule has 0 amide bonds. The Balaban J connectivity index is 1.72. The van der Waals surface area contributed by atoms with Crippen LogP contribution in [0.4, 0.5) is 0 Å². The van der Waals surface area contributed by atoms with Gasteiger partial charge in [-0.1, -0.05) is 134 Å². The van der Waals surface area contributed by atoms with E-state index < -0.39 is 0 Å². The normalized spacial score (nSPS) is 11.0. The lowest BCUT2D eigenvalue weighted by Gasteiger charge is -2.05. The third-order valence-electron chi connectivity index (χ3n) is 5.84. The SMILES string of the molecule is CCCCCCCCCCCCCCCCCCSCCC(=O)OCc1ccccc1. The molecule has 0 radical (unpaired) electrons. The van der Waals surface area contributed by atoms with Gasteiger partial charge in [0.1, 0.15) is 6.61 Å². The first kappa shape index (κ1) is 28.1. The highest BCUT2D eigenvalue weighted by molar-refractivity contribution is 7.99. The number of ether oxygens (including phenoxy) is 1. The molecule has 0 saturated heterocycles. The Bertz CT molecular complexity index is 503. The molecule has 3 heteroatoms. The van der Waals surface area contributed by atoms with Gasteiger partial charge in [-0.05, 0) is 17.7 Å². The minimum Gasteiger partial charge on any atom is -0.461 e. The molecule has 0 N–H and O–H groups in total. The first-order chi connectivity index (χ1) is 15.3. The molecule has 0 bridgehead atoms. The predicted molar refractivity (Wildman–Crippen MR) is 138 cm³/mol. The molecule has 31 heavy (non-hydrogen) atoms. The van der Waals surface area contributed by atoms with Crippen LogP contribution in [0, 0.1) is 0 Å². The summed E-state index contributed by atoms with van der Waals surface area (Å²) in [7, 11) is 0. The van der Waals surface area contributed by atoms with Crippen LogP contribution in [0.15, 0.2) is 30.3 Å². The minimum absolute atomic E-state index is 0.0803. The summed E-state index contributed by atoms with van der Waals surface area (Å²) in [5.74, 6) is 1.97. The summed E-state index contributed by atoms with van der Waals surface area (Å²) in [6.45, 7) is 2.68. The molecule has 2 nitrogen and oxygen atoms in total. The van der Waals surface area contributed by atoms with Crippen molar-refractivity contribution in [1.29, 1.82) is 0 Å². The van der Waals surface area contributed by atoms with E-state index in [0.717, 1.165) is 11.3 Å². The highest BCUT2D eigenvalue weighted by Crippen LogP contribution is 2.15. The number of carbonyl (C=O) groups is 1. The third kappa shape index (κ3) is 19.5. The highest BCUT2D eigenvalue weighted by Gasteiger charge is 2.03. The molecule has 178 valence electrons. The Labute approximate surface area is 197 Å². The summed E-state index contributed by atoms with van der Waals surface area (Å²) in [5, 5.41) is 0. The van der Waals surface area contributed by atoms with Gasteiger partial charge in [0.15, 0.2) is 0 Å². The Hall–Kier alpha value is -0.960. The molecule has 0 aliphatic carbocycles. The maximum absolute atomic E-state index is 11.8. The molecule has 0 aliphatic rings. The van der Waals surface area contributed by atoms with Crippen molar-refractivity contribution >= 4 is 17.7 Å². The number of hydrogen-bond donors (Lipinski definition) is 0. The summed E-state index contributed by atoms with van der Waals surface area (Å²) in [6, 6.07) is 9.88. The van der Waals surface area contributed by atoms with E-state index in [0.29, 0.717) is 13.0 Å². The predicted octanol–water partition coefficient (Wildman–Crippen LogP) is 9.11. The maximum atomic E-state index is 11.8. The fraction of sp³-hybridized carbons (Fsp3) is 0.750. The van der Waals surface area contributed by atoms with Gasteiger partial charge in [0.05, 0.1) is 6.42 Å². The zero-order valence-corrected chi connectivity index (χ0v) is 21.1. The van der Waals surface area contributed by atoms with E-state index in [1.54, 1.807) is 0 Å². The van der Waals surface area contributed by atoms with Gasteiger partial charge in [-0.2, -0.15) is 11.8 Å². The molecule has 0 aromatic heterocycles. The van der Waals surface area contributed by atoms with Gasteiger partial charge >= 0.3 is 5.97 Å². The van der Waals surface area contributed by atoms with Crippen molar-refractivity contribution in [2.24, 2.45) is 0 Å². The molecular weight excluding hydrogens is 400 g/mol. The molecule has 1 rings (SSSR count). The van der Waals surface area contributed by atoms with E-state index in [1.807, 2.05) is 42.1 Å². The third-order valence-corrected chi connectivity index (χ3v) is 6.91. The molecule has 0 aliphatic heterocycles. The Morgan fingerprint density at radius 2 is 1.16 bits per heavy atom. The molecule has 0 saturated carbocycles. The van der Waals surface area contributed by atoms with Crippen molar-refractivity contribution in [3.63, 3.8) is 0 Å². The zero-order chi connectivity index (χ0) is 22.2. The standard InChI is InChI=1S/C28H48O2S/c1-2-3-4-5-6-7-8-9-10-11-12-13-14-15-16-20-24-31-25-23-28(29)30-26-27-21-18-17-19-22-27/h17-19,21-22H,2-16,20,23-26H2,1H3. The summed E-state index contributed by atoms with van der Waals surface area (Å²) in [4.78, 5) is 11.8. The summed E-state index contributed by atoms with van der Waals surface area (Å²) >= 11 is 1.89. The second-order valence-electron chi connectivity index (χ2n) is 8.81. The highest BCUT2D eigenvalue weighted by atomic mass is 32.2. The average Bonchev–Trinajstić information content (AvgIpc) is 2.80. The van der Waals surface area contributed by atoms with Gasteiger partial charge in [0, 0.05) is 5.75 Å². The number of hydrogen-bond acceptors (Lipinski definition) is 3. The first-order valence-corrected chi connectivity index (χ1v) is 14.3. The molecule has 1 aromatic carbocycles. The Morgan fingerprint density at radius 1 is 0.677 bits per heavy atom. The number of benzene rings is 1. The molecule has 0 atom stereocenters. The van der Waals surface area contributed by atoms with E-state index in [4.69, 9.17) is 4.74 Å². The molecule has 0 spiro atoms. The summed E-state index contributed by atoms with van der Waals surface area (Å²) < 4.78 is 5.31. The lowest BCUT2D eigenvalue weighted by molar-refractivity contribution is -0.144. The number of rotatable bonds is 22. The van der Waals surface area contributed by atoms with Crippen LogP contribution in [-0.4, -0.2) is 17.5 Å². The quantitative estimate of drug-likeness (QED) is 0.131. The maximum Gasteiger partial charge on any atom is 0.306 e. The molecular formula is C28H48O2S. The minimum atomic E-state index is -0.0803. The van der Waals surface area contributed by atoms with Gasteiger partial charge in [-0.3, -0.25) is 4.79 Å².